The summed E-state index contributed by atoms with van der Waals surface area (Å²) in [6.45, 7) is 1.54. The average Bonchev–Trinajstić information content (AvgIpc) is 2.99. The van der Waals surface area contributed by atoms with Gasteiger partial charge in [-0.3, -0.25) is 4.79 Å². The fourth-order valence-corrected chi connectivity index (χ4v) is 4.34. The van der Waals surface area contributed by atoms with Crippen molar-refractivity contribution < 1.29 is 14.3 Å². The number of rotatable bonds is 5. The van der Waals surface area contributed by atoms with Gasteiger partial charge in [0.1, 0.15) is 4.88 Å². The number of anilines is 1. The molecule has 0 bridgehead atoms. The molecule has 0 fully saturated rings. The lowest BCUT2D eigenvalue weighted by molar-refractivity contribution is -0.123. The Hall–Kier alpha value is -2.02. The molecular formula is C19H16ClNO3S2. The number of thiophene rings is 1. The Morgan fingerprint density at radius 1 is 1.15 bits per heavy atom. The average molecular weight is 406 g/mol. The zero-order valence-corrected chi connectivity index (χ0v) is 16.5. The number of nitrogens with one attached hydrogen (secondary N) is 1. The fourth-order valence-electron chi connectivity index (χ4n) is 2.40. The lowest BCUT2D eigenvalue weighted by Gasteiger charge is -2.14. The minimum atomic E-state index is -0.946. The van der Waals surface area contributed by atoms with Crippen LogP contribution < -0.4 is 5.32 Å². The zero-order chi connectivity index (χ0) is 18.7. The van der Waals surface area contributed by atoms with Gasteiger partial charge < -0.3 is 10.1 Å². The number of amides is 1. The van der Waals surface area contributed by atoms with E-state index in [0.29, 0.717) is 15.6 Å². The molecule has 1 N–H and O–H groups in total. The Balaban J connectivity index is 1.72. The molecule has 26 heavy (non-hydrogen) atoms. The van der Waals surface area contributed by atoms with Crippen LogP contribution in [0.2, 0.25) is 5.02 Å². The second-order valence-electron chi connectivity index (χ2n) is 5.48. The van der Waals surface area contributed by atoms with Crippen LogP contribution in [0.5, 0.6) is 0 Å². The van der Waals surface area contributed by atoms with Crippen LogP contribution in [-0.4, -0.2) is 24.2 Å². The second-order valence-corrected chi connectivity index (χ2v) is 7.76. The third-order valence-corrected chi connectivity index (χ3v) is 6.19. The van der Waals surface area contributed by atoms with Gasteiger partial charge in [-0.05, 0) is 31.4 Å². The summed E-state index contributed by atoms with van der Waals surface area (Å²) >= 11 is 9.07. The summed E-state index contributed by atoms with van der Waals surface area (Å²) in [6.07, 6.45) is 0.983. The van der Waals surface area contributed by atoms with Crippen molar-refractivity contribution in [3.05, 3.63) is 58.4 Å². The lowest BCUT2D eigenvalue weighted by Crippen LogP contribution is -2.30. The lowest BCUT2D eigenvalue weighted by atomic mass is 10.2. The van der Waals surface area contributed by atoms with E-state index in [0.717, 1.165) is 15.0 Å². The van der Waals surface area contributed by atoms with Crippen molar-refractivity contribution in [1.29, 1.82) is 0 Å². The molecule has 0 spiro atoms. The molecule has 134 valence electrons. The Labute approximate surface area is 164 Å². The first kappa shape index (κ1) is 18.8. The van der Waals surface area contributed by atoms with Gasteiger partial charge in [-0.1, -0.05) is 41.9 Å². The minimum Gasteiger partial charge on any atom is -0.448 e. The molecule has 3 aromatic rings. The summed E-state index contributed by atoms with van der Waals surface area (Å²) in [5.41, 5.74) is 0.688. The van der Waals surface area contributed by atoms with Crippen molar-refractivity contribution >= 4 is 62.3 Å². The first-order chi connectivity index (χ1) is 12.5. The number of carbonyl (C=O) groups is 2. The van der Waals surface area contributed by atoms with Gasteiger partial charge in [-0.15, -0.1) is 23.1 Å². The maximum atomic E-state index is 12.4. The number of carbonyl (C=O) groups excluding carboxylic acids is 2. The van der Waals surface area contributed by atoms with E-state index in [2.05, 4.69) is 5.32 Å². The normalized spacial score (nSPS) is 12.0. The molecule has 1 aromatic heterocycles. The Bertz CT molecular complexity index is 970. The third kappa shape index (κ3) is 3.87. The fraction of sp³-hybridized carbons (Fsp3) is 0.158. The van der Waals surface area contributed by atoms with E-state index in [1.807, 2.05) is 48.7 Å². The molecule has 1 amide bonds. The molecule has 4 nitrogen and oxygen atoms in total. The van der Waals surface area contributed by atoms with E-state index in [1.54, 1.807) is 6.07 Å². The highest BCUT2D eigenvalue weighted by Crippen LogP contribution is 2.35. The summed E-state index contributed by atoms with van der Waals surface area (Å²) < 4.78 is 6.22. The molecule has 3 rings (SSSR count). The van der Waals surface area contributed by atoms with Gasteiger partial charge in [0.15, 0.2) is 6.10 Å². The van der Waals surface area contributed by atoms with E-state index in [4.69, 9.17) is 16.3 Å². The van der Waals surface area contributed by atoms with E-state index in [9.17, 15) is 9.59 Å². The van der Waals surface area contributed by atoms with Crippen LogP contribution in [0.25, 0.3) is 10.1 Å². The number of halogens is 1. The standard InChI is InChI=1S/C19H16ClNO3S2/c1-11(18(22)21-13-8-4-6-10-15(13)25-2)24-19(23)17-16(20)12-7-3-5-9-14(12)26-17/h3-11H,1-2H3,(H,21,22)/t11-/m0/s1. The topological polar surface area (TPSA) is 55.4 Å². The summed E-state index contributed by atoms with van der Waals surface area (Å²) in [4.78, 5) is 26.1. The van der Waals surface area contributed by atoms with Crippen LogP contribution in [0.4, 0.5) is 5.69 Å². The van der Waals surface area contributed by atoms with Crippen LogP contribution in [0.3, 0.4) is 0 Å². The van der Waals surface area contributed by atoms with E-state index in [1.165, 1.54) is 30.0 Å². The number of esters is 1. The van der Waals surface area contributed by atoms with Gasteiger partial charge in [0.05, 0.1) is 10.7 Å². The first-order valence-corrected chi connectivity index (χ1v) is 10.2. The SMILES string of the molecule is CSc1ccccc1NC(=O)[C@H](C)OC(=O)c1sc2ccccc2c1Cl. The van der Waals surface area contributed by atoms with Gasteiger partial charge in [-0.2, -0.15) is 0 Å². The van der Waals surface area contributed by atoms with E-state index < -0.39 is 18.0 Å². The molecule has 7 heteroatoms. The van der Waals surface area contributed by atoms with Crippen molar-refractivity contribution in [2.75, 3.05) is 11.6 Å². The van der Waals surface area contributed by atoms with Crippen LogP contribution in [0.1, 0.15) is 16.6 Å². The van der Waals surface area contributed by atoms with Gasteiger partial charge in [0.2, 0.25) is 0 Å². The number of hydrogen-bond acceptors (Lipinski definition) is 5. The number of fused-ring (bicyclic) bond motifs is 1. The van der Waals surface area contributed by atoms with Crippen molar-refractivity contribution in [2.24, 2.45) is 0 Å². The monoisotopic (exact) mass is 405 g/mol. The van der Waals surface area contributed by atoms with Crippen molar-refractivity contribution in [2.45, 2.75) is 17.9 Å². The molecular weight excluding hydrogens is 390 g/mol. The summed E-state index contributed by atoms with van der Waals surface area (Å²) in [7, 11) is 0. The third-order valence-electron chi connectivity index (χ3n) is 3.74. The summed E-state index contributed by atoms with van der Waals surface area (Å²) in [6, 6.07) is 14.9. The van der Waals surface area contributed by atoms with Gasteiger partial charge in [0.25, 0.3) is 5.91 Å². The van der Waals surface area contributed by atoms with Crippen LogP contribution in [0, 0.1) is 0 Å². The predicted octanol–water partition coefficient (Wildman–Crippen LogP) is 5.46. The molecule has 0 unspecified atom stereocenters. The predicted molar refractivity (Wildman–Crippen MR) is 109 cm³/mol. The molecule has 0 aliphatic rings. The second kappa shape index (κ2) is 8.12. The van der Waals surface area contributed by atoms with Crippen molar-refractivity contribution in [1.82, 2.24) is 0 Å². The minimum absolute atomic E-state index is 0.303. The molecule has 0 radical (unpaired) electrons. The number of hydrogen-bond donors (Lipinski definition) is 1. The molecule has 0 aliphatic carbocycles. The van der Waals surface area contributed by atoms with E-state index >= 15 is 0 Å². The van der Waals surface area contributed by atoms with Crippen molar-refractivity contribution in [3.63, 3.8) is 0 Å². The molecule has 1 heterocycles. The first-order valence-electron chi connectivity index (χ1n) is 7.83. The number of para-hydroxylation sites is 1. The molecule has 0 saturated carbocycles. The molecule has 0 aliphatic heterocycles. The summed E-state index contributed by atoms with van der Waals surface area (Å²) in [5.74, 6) is -0.992. The van der Waals surface area contributed by atoms with Gasteiger partial charge in [0, 0.05) is 15.0 Å². The maximum Gasteiger partial charge on any atom is 0.350 e. The highest BCUT2D eigenvalue weighted by molar-refractivity contribution is 7.98. The zero-order valence-electron chi connectivity index (χ0n) is 14.1. The van der Waals surface area contributed by atoms with Crippen molar-refractivity contribution in [3.8, 4) is 0 Å². The van der Waals surface area contributed by atoms with Crippen LogP contribution >= 0.6 is 34.7 Å². The molecule has 2 aromatic carbocycles. The quantitative estimate of drug-likeness (QED) is 0.452. The number of thioether (sulfide) groups is 1. The van der Waals surface area contributed by atoms with Gasteiger partial charge in [-0.25, -0.2) is 4.79 Å². The Morgan fingerprint density at radius 2 is 1.85 bits per heavy atom. The van der Waals surface area contributed by atoms with E-state index in [-0.39, 0.29) is 0 Å². The number of benzene rings is 2. The molecule has 0 saturated heterocycles. The van der Waals surface area contributed by atoms with Crippen LogP contribution in [-0.2, 0) is 9.53 Å². The maximum absolute atomic E-state index is 12.4. The summed E-state index contributed by atoms with van der Waals surface area (Å²) in [5, 5.41) is 3.95. The van der Waals surface area contributed by atoms with Gasteiger partial charge >= 0.3 is 5.97 Å². The molecule has 1 atom stereocenters. The Kier molecular flexibility index (Phi) is 5.86. The smallest absolute Gasteiger partial charge is 0.350 e. The highest BCUT2D eigenvalue weighted by atomic mass is 35.5. The Morgan fingerprint density at radius 3 is 2.58 bits per heavy atom. The number of ether oxygens (including phenoxy) is 1. The highest BCUT2D eigenvalue weighted by Gasteiger charge is 2.24. The largest absolute Gasteiger partial charge is 0.448 e. The van der Waals surface area contributed by atoms with Crippen LogP contribution in [0.15, 0.2) is 53.4 Å².